The lowest BCUT2D eigenvalue weighted by Gasteiger charge is -2.50. The van der Waals surface area contributed by atoms with Gasteiger partial charge in [0, 0.05) is 19.8 Å². The predicted molar refractivity (Wildman–Crippen MR) is 329 cm³/mol. The van der Waals surface area contributed by atoms with Crippen molar-refractivity contribution in [2.45, 2.75) is 355 Å². The van der Waals surface area contributed by atoms with E-state index in [0.717, 1.165) is 51.9 Å². The summed E-state index contributed by atoms with van der Waals surface area (Å²) in [6.07, 6.45) is 14.3. The van der Waals surface area contributed by atoms with Gasteiger partial charge in [-0.3, -0.25) is 9.59 Å². The Bertz CT molecular complexity index is 1840. The molecule has 0 aromatic carbocycles. The molecule has 18 unspecified atom stereocenters. The van der Waals surface area contributed by atoms with E-state index in [1.807, 2.05) is 6.08 Å². The third kappa shape index (κ3) is 29.2. The molecule has 0 aromatic heterocycles. The van der Waals surface area contributed by atoms with Crippen molar-refractivity contribution < 1.29 is 104 Å². The van der Waals surface area contributed by atoms with E-state index in [1.165, 1.54) is 154 Å². The number of hydrogen-bond acceptors (Lipinski definition) is 20. The topological polar surface area (TPSA) is 373 Å². The second-order valence-electron chi connectivity index (χ2n) is 25.0. The standard InChI is InChI=1S/C65H120N2O21/c1-4-6-8-10-12-14-16-17-18-19-20-21-22-23-24-25-26-27-28-29-30-32-34-36-38-47(72)46(67-52(75)39-37-35-33-31-15-13-11-9-7-5-2)44-83-62-57(79)56(78)59(51(43-70)85-62)86-63-58(80)61(55(77)50(42-69)84-63)88-65(64(81)82)40-48(73)53(66-45(3)71)60(87-65)54(76)49(74)41-68/h36,38,46-51,53-63,68-70,72-74,76-80H,4-35,37,39-44H2,1-3H3,(H,66,71)(H,67,75)(H,81,82)/b38-36+. The first kappa shape index (κ1) is 79.7. The van der Waals surface area contributed by atoms with Crippen LogP contribution < -0.4 is 10.6 Å². The minimum atomic E-state index is -3.08. The van der Waals surface area contributed by atoms with E-state index < -0.39 is 155 Å². The second kappa shape index (κ2) is 46.5. The maximum Gasteiger partial charge on any atom is 0.364 e. The van der Waals surface area contributed by atoms with Gasteiger partial charge in [0.25, 0.3) is 5.79 Å². The van der Waals surface area contributed by atoms with Gasteiger partial charge >= 0.3 is 5.97 Å². The van der Waals surface area contributed by atoms with E-state index in [2.05, 4.69) is 24.5 Å². The lowest BCUT2D eigenvalue weighted by Crippen LogP contribution is -2.70. The number of rotatable bonds is 51. The molecule has 88 heavy (non-hydrogen) atoms. The highest BCUT2D eigenvalue weighted by molar-refractivity contribution is 5.77. The summed E-state index contributed by atoms with van der Waals surface area (Å²) in [5.74, 6) is -6.14. The molecule has 18 atom stereocenters. The van der Waals surface area contributed by atoms with Gasteiger partial charge in [0.2, 0.25) is 11.8 Å². The largest absolute Gasteiger partial charge is 0.477 e. The van der Waals surface area contributed by atoms with E-state index in [9.17, 15) is 75.7 Å². The fraction of sp³-hybridized carbons (Fsp3) is 0.923. The van der Waals surface area contributed by atoms with E-state index in [1.54, 1.807) is 6.08 Å². The summed E-state index contributed by atoms with van der Waals surface area (Å²) in [5, 5.41) is 136. The van der Waals surface area contributed by atoms with Gasteiger partial charge in [-0.15, -0.1) is 0 Å². The first-order valence-corrected chi connectivity index (χ1v) is 34.1. The van der Waals surface area contributed by atoms with Crippen LogP contribution in [0.15, 0.2) is 12.2 Å². The quantitative estimate of drug-likeness (QED) is 0.0264. The Labute approximate surface area is 524 Å². The van der Waals surface area contributed by atoms with Gasteiger partial charge in [-0.2, -0.15) is 0 Å². The van der Waals surface area contributed by atoms with Crippen molar-refractivity contribution in [1.82, 2.24) is 10.6 Å². The molecule has 23 heteroatoms. The predicted octanol–water partition coefficient (Wildman–Crippen LogP) is 5.51. The highest BCUT2D eigenvalue weighted by atomic mass is 16.8. The molecule has 3 saturated heterocycles. The molecule has 2 amide bonds. The molecule has 0 aromatic rings. The van der Waals surface area contributed by atoms with Crippen molar-refractivity contribution in [2.24, 2.45) is 0 Å². The van der Waals surface area contributed by atoms with Crippen LogP contribution >= 0.6 is 0 Å². The molecule has 3 rings (SSSR count). The first-order chi connectivity index (χ1) is 42.4. The fourth-order valence-electron chi connectivity index (χ4n) is 12.0. The number of unbranched alkanes of at least 4 members (excludes halogenated alkanes) is 31. The third-order valence-corrected chi connectivity index (χ3v) is 17.5. The van der Waals surface area contributed by atoms with E-state index in [0.29, 0.717) is 12.8 Å². The lowest BCUT2D eigenvalue weighted by atomic mass is 9.88. The SMILES string of the molecule is CCCCCCCCCCCCCCCCCCCCCCCC/C=C/C(O)C(COC1OC(CO)C(OC2OC(CO)C(O)C(OC3(C(=O)O)CC(O)C(NC(C)=O)C(C(O)C(O)CO)O3)C2O)C(O)C1O)NC(=O)CCCCCCCCCCCC. The third-order valence-electron chi connectivity index (χ3n) is 17.5. The van der Waals surface area contributed by atoms with Crippen LogP contribution in [0.25, 0.3) is 0 Å². The number of ether oxygens (including phenoxy) is 6. The Kier molecular flexibility index (Phi) is 42.1. The highest BCUT2D eigenvalue weighted by Gasteiger charge is 2.60. The monoisotopic (exact) mass is 1260 g/mol. The van der Waals surface area contributed by atoms with Crippen molar-refractivity contribution in [3.63, 3.8) is 0 Å². The van der Waals surface area contributed by atoms with Crippen LogP contribution in [0.2, 0.25) is 0 Å². The van der Waals surface area contributed by atoms with Crippen LogP contribution in [-0.4, -0.2) is 215 Å². The number of aliphatic carboxylic acids is 1. The van der Waals surface area contributed by atoms with Crippen LogP contribution in [0.3, 0.4) is 0 Å². The second-order valence-corrected chi connectivity index (χ2v) is 25.0. The van der Waals surface area contributed by atoms with Crippen molar-refractivity contribution in [1.29, 1.82) is 0 Å². The Hall–Kier alpha value is -2.53. The number of carboxylic acid groups (broad SMARTS) is 1. The lowest BCUT2D eigenvalue weighted by molar-refractivity contribution is -0.386. The average Bonchev–Trinajstić information content (AvgIpc) is 2.16. The molecule has 3 heterocycles. The van der Waals surface area contributed by atoms with Crippen LogP contribution in [0.4, 0.5) is 0 Å². The van der Waals surface area contributed by atoms with Gasteiger partial charge in [-0.1, -0.05) is 219 Å². The molecular formula is C65H120N2O21. The van der Waals surface area contributed by atoms with Crippen molar-refractivity contribution >= 4 is 17.8 Å². The van der Waals surface area contributed by atoms with Gasteiger partial charge in [0.1, 0.15) is 67.1 Å². The smallest absolute Gasteiger partial charge is 0.364 e. The molecule has 0 saturated carbocycles. The molecule has 516 valence electrons. The van der Waals surface area contributed by atoms with Crippen LogP contribution in [0.1, 0.15) is 245 Å². The average molecular weight is 1270 g/mol. The van der Waals surface area contributed by atoms with Crippen molar-refractivity contribution in [2.75, 3.05) is 26.4 Å². The van der Waals surface area contributed by atoms with Gasteiger partial charge in [-0.25, -0.2) is 4.79 Å². The van der Waals surface area contributed by atoms with Gasteiger partial charge < -0.3 is 100 Å². The number of carboxylic acids is 1. The zero-order chi connectivity index (χ0) is 64.7. The van der Waals surface area contributed by atoms with Crippen molar-refractivity contribution in [3.05, 3.63) is 12.2 Å². The maximum atomic E-state index is 13.4. The molecule has 3 aliphatic rings. The summed E-state index contributed by atoms with van der Waals surface area (Å²) in [7, 11) is 0. The summed E-state index contributed by atoms with van der Waals surface area (Å²) in [6.45, 7) is 2.11. The Balaban J connectivity index is 1.57. The molecule has 0 bridgehead atoms. The summed E-state index contributed by atoms with van der Waals surface area (Å²) >= 11 is 0. The summed E-state index contributed by atoms with van der Waals surface area (Å²) in [5.41, 5.74) is 0. The Morgan fingerprint density at radius 1 is 0.591 bits per heavy atom. The van der Waals surface area contributed by atoms with Gasteiger partial charge in [0.15, 0.2) is 12.6 Å². The molecule has 3 aliphatic heterocycles. The molecule has 0 radical (unpaired) electrons. The van der Waals surface area contributed by atoms with Crippen molar-refractivity contribution in [3.8, 4) is 0 Å². The van der Waals surface area contributed by atoms with E-state index in [4.69, 9.17) is 28.4 Å². The minimum Gasteiger partial charge on any atom is -0.477 e. The first-order valence-electron chi connectivity index (χ1n) is 34.1. The molecule has 3 fully saturated rings. The molecule has 0 aliphatic carbocycles. The summed E-state index contributed by atoms with van der Waals surface area (Å²) in [4.78, 5) is 38.4. The highest BCUT2D eigenvalue weighted by Crippen LogP contribution is 2.39. The number of carbonyl (C=O) groups is 3. The number of aliphatic hydroxyl groups is 11. The molecule has 23 nitrogen and oxygen atoms in total. The maximum absolute atomic E-state index is 13.4. The Morgan fingerprint density at radius 2 is 1.06 bits per heavy atom. The summed E-state index contributed by atoms with van der Waals surface area (Å²) in [6, 6.07) is -2.61. The molecule has 0 spiro atoms. The molecule has 14 N–H and O–H groups in total. The Morgan fingerprint density at radius 3 is 1.51 bits per heavy atom. The number of carbonyl (C=O) groups excluding carboxylic acids is 2. The molecular weight excluding hydrogens is 1140 g/mol. The van der Waals surface area contributed by atoms with Crippen LogP contribution in [-0.2, 0) is 42.8 Å². The van der Waals surface area contributed by atoms with Crippen LogP contribution in [0, 0.1) is 0 Å². The minimum absolute atomic E-state index is 0.203. The van der Waals surface area contributed by atoms with Gasteiger partial charge in [-0.05, 0) is 19.3 Å². The number of hydrogen-bond donors (Lipinski definition) is 14. The number of aliphatic hydroxyl groups excluding tert-OH is 11. The normalized spacial score (nSPS) is 29.0. The zero-order valence-electron chi connectivity index (χ0n) is 53.6. The number of nitrogens with one attached hydrogen (secondary N) is 2. The number of allylic oxidation sites excluding steroid dienone is 1. The number of amides is 2. The summed E-state index contributed by atoms with van der Waals surface area (Å²) < 4.78 is 34.7. The zero-order valence-corrected chi connectivity index (χ0v) is 53.6. The van der Waals surface area contributed by atoms with E-state index in [-0.39, 0.29) is 12.3 Å². The van der Waals surface area contributed by atoms with Crippen LogP contribution in [0.5, 0.6) is 0 Å². The van der Waals surface area contributed by atoms with Gasteiger partial charge in [0.05, 0.1) is 50.7 Å². The van der Waals surface area contributed by atoms with E-state index >= 15 is 0 Å². The fourth-order valence-corrected chi connectivity index (χ4v) is 12.0.